The molecule has 0 aliphatic heterocycles. The van der Waals surface area contributed by atoms with Gasteiger partial charge in [0.2, 0.25) is 0 Å². The molecule has 0 saturated heterocycles. The van der Waals surface area contributed by atoms with E-state index in [0.717, 1.165) is 0 Å². The zero-order valence-electron chi connectivity index (χ0n) is 14.2. The van der Waals surface area contributed by atoms with Crippen LogP contribution in [0.25, 0.3) is 0 Å². The Hall–Kier alpha value is -1.88. The van der Waals surface area contributed by atoms with Gasteiger partial charge in [-0.25, -0.2) is 9.18 Å². The molecule has 0 spiro atoms. The highest BCUT2D eigenvalue weighted by Gasteiger charge is 2.95. The zero-order chi connectivity index (χ0) is 25.3. The molecule has 0 unspecified atom stereocenters. The van der Waals surface area contributed by atoms with Crippen molar-refractivity contribution in [2.45, 2.75) is 48.1 Å². The van der Waals surface area contributed by atoms with Crippen LogP contribution in [0.15, 0.2) is 12.2 Å². The molecule has 0 aromatic heterocycles. The molecule has 0 bridgehead atoms. The van der Waals surface area contributed by atoms with Crippen molar-refractivity contribution in [3.8, 4) is 0 Å². The number of aliphatic hydroxyl groups is 1. The van der Waals surface area contributed by atoms with Crippen LogP contribution in [0.2, 0.25) is 0 Å². The molecule has 1 N–H and O–H groups in total. The lowest BCUT2D eigenvalue weighted by Gasteiger charge is -2.42. The van der Waals surface area contributed by atoms with Gasteiger partial charge in [0.1, 0.15) is 0 Å². The zero-order valence-corrected chi connectivity index (χ0v) is 14.2. The molecule has 0 fully saturated rings. The topological polar surface area (TPSA) is 46.5 Å². The van der Waals surface area contributed by atoms with E-state index in [4.69, 9.17) is 5.11 Å². The molecule has 0 radical (unpaired) electrons. The van der Waals surface area contributed by atoms with Crippen LogP contribution in [-0.4, -0.2) is 66.0 Å². The van der Waals surface area contributed by atoms with Gasteiger partial charge in [0, 0.05) is 19.1 Å². The number of allylic oxidation sites excluding steroid dienone is 1. The van der Waals surface area contributed by atoms with Crippen LogP contribution in [0.1, 0.15) is 6.42 Å². The summed E-state index contributed by atoms with van der Waals surface area (Å²) < 4.78 is 198. The lowest BCUT2D eigenvalue weighted by atomic mass is 9.85. The Morgan fingerprint density at radius 2 is 1.13 bits per heavy atom. The fourth-order valence-corrected chi connectivity index (χ4v) is 1.70. The van der Waals surface area contributed by atoms with Crippen LogP contribution in [0, 0.1) is 0 Å². The van der Waals surface area contributed by atoms with Crippen LogP contribution in [0.3, 0.4) is 0 Å². The van der Waals surface area contributed by atoms with Gasteiger partial charge in [0.25, 0.3) is 0 Å². The van der Waals surface area contributed by atoms with Gasteiger partial charge < -0.3 is 9.84 Å². The second-order valence-electron chi connectivity index (χ2n) is 5.58. The number of carbonyl (C=O) groups excluding carboxylic acids is 1. The normalized spacial score (nSPS) is 15.5. The Kier molecular flexibility index (Phi) is 8.05. The Labute approximate surface area is 161 Å². The molecule has 0 aromatic rings. The first-order chi connectivity index (χ1) is 13.5. The number of halogens is 15. The van der Waals surface area contributed by atoms with Gasteiger partial charge >= 0.3 is 47.7 Å². The molecule has 0 amide bonds. The molecule has 0 heterocycles. The lowest BCUT2D eigenvalue weighted by Crippen LogP contribution is -2.75. The highest BCUT2D eigenvalue weighted by atomic mass is 19.4. The van der Waals surface area contributed by atoms with E-state index >= 15 is 0 Å². The Morgan fingerprint density at radius 3 is 1.48 bits per heavy atom. The lowest BCUT2D eigenvalue weighted by molar-refractivity contribution is -0.454. The number of aliphatic hydroxyl groups excluding tert-OH is 1. The Bertz CT molecular complexity index is 648. The summed E-state index contributed by atoms with van der Waals surface area (Å²) in [5.74, 6) is -33.4. The van der Waals surface area contributed by atoms with Crippen molar-refractivity contribution in [2.24, 2.45) is 0 Å². The van der Waals surface area contributed by atoms with E-state index in [2.05, 4.69) is 4.74 Å². The van der Waals surface area contributed by atoms with Crippen LogP contribution in [0.5, 0.6) is 0 Å². The van der Waals surface area contributed by atoms with Crippen LogP contribution < -0.4 is 0 Å². The summed E-state index contributed by atoms with van der Waals surface area (Å²) >= 11 is 0. The smallest absolute Gasteiger partial charge is 0.438 e. The van der Waals surface area contributed by atoms with Crippen LogP contribution in [0.4, 0.5) is 65.9 Å². The van der Waals surface area contributed by atoms with E-state index in [1.807, 2.05) is 0 Å². The average molecular weight is 498 g/mol. The number of alkyl halides is 15. The van der Waals surface area contributed by atoms with E-state index in [9.17, 15) is 70.7 Å². The van der Waals surface area contributed by atoms with Gasteiger partial charge in [-0.3, -0.25) is 0 Å². The van der Waals surface area contributed by atoms with E-state index < -0.39 is 73.0 Å². The summed E-state index contributed by atoms with van der Waals surface area (Å²) in [4.78, 5) is 10.9. The standard InChI is InChI=1S/C13H9F15O3/c14-7(15,3-2-6(30)31-5-1-4-29)9(17,18)11(21,22)10(19,20)8(16,12(23,24)25)13(26,27)28/h2-3,29H,1,4-5H2. The second kappa shape index (κ2) is 8.57. The molecule has 0 atom stereocenters. The third kappa shape index (κ3) is 4.82. The predicted molar refractivity (Wildman–Crippen MR) is 67.5 cm³/mol. The van der Waals surface area contributed by atoms with Crippen molar-refractivity contribution in [3.05, 3.63) is 12.2 Å². The maximum atomic E-state index is 13.4. The van der Waals surface area contributed by atoms with Gasteiger partial charge in [-0.15, -0.1) is 0 Å². The highest BCUT2D eigenvalue weighted by Crippen LogP contribution is 2.63. The van der Waals surface area contributed by atoms with Crippen molar-refractivity contribution in [3.63, 3.8) is 0 Å². The molecule has 18 heteroatoms. The minimum Gasteiger partial charge on any atom is -0.462 e. The Morgan fingerprint density at radius 1 is 0.710 bits per heavy atom. The third-order valence-corrected chi connectivity index (χ3v) is 3.40. The van der Waals surface area contributed by atoms with Gasteiger partial charge in [-0.05, 0) is 6.08 Å². The number of ether oxygens (including phenoxy) is 1. The first-order valence-corrected chi connectivity index (χ1v) is 7.26. The summed E-state index contributed by atoms with van der Waals surface area (Å²) in [6, 6.07) is 0. The molecular weight excluding hydrogens is 489 g/mol. The van der Waals surface area contributed by atoms with Crippen molar-refractivity contribution in [1.29, 1.82) is 0 Å². The molecule has 3 nitrogen and oxygen atoms in total. The van der Waals surface area contributed by atoms with E-state index in [1.54, 1.807) is 0 Å². The van der Waals surface area contributed by atoms with Crippen molar-refractivity contribution in [2.75, 3.05) is 13.2 Å². The molecule has 184 valence electrons. The first-order valence-electron chi connectivity index (χ1n) is 7.26. The van der Waals surface area contributed by atoms with E-state index in [0.29, 0.717) is 0 Å². The largest absolute Gasteiger partial charge is 0.462 e. The summed E-state index contributed by atoms with van der Waals surface area (Å²) in [6.07, 6.45) is -18.7. The maximum absolute atomic E-state index is 13.4. The summed E-state index contributed by atoms with van der Waals surface area (Å²) in [5, 5.41) is 8.32. The van der Waals surface area contributed by atoms with Gasteiger partial charge in [0.15, 0.2) is 0 Å². The van der Waals surface area contributed by atoms with Crippen LogP contribution >= 0.6 is 0 Å². The summed E-state index contributed by atoms with van der Waals surface area (Å²) in [5.41, 5.74) is -8.37. The third-order valence-electron chi connectivity index (χ3n) is 3.40. The van der Waals surface area contributed by atoms with Crippen LogP contribution in [-0.2, 0) is 9.53 Å². The molecule has 0 aromatic carbocycles. The van der Waals surface area contributed by atoms with E-state index in [1.165, 1.54) is 0 Å². The minimum atomic E-state index is -8.51. The number of esters is 1. The predicted octanol–water partition coefficient (Wildman–Crippen LogP) is 4.84. The monoisotopic (exact) mass is 498 g/mol. The summed E-state index contributed by atoms with van der Waals surface area (Å²) in [7, 11) is 0. The van der Waals surface area contributed by atoms with E-state index in [-0.39, 0.29) is 6.42 Å². The minimum absolute atomic E-state index is 0.343. The SMILES string of the molecule is O=C(C=CC(F)(F)C(F)(F)C(F)(F)C(F)(F)C(F)(C(F)(F)F)C(F)(F)F)OCCCO. The van der Waals surface area contributed by atoms with Crippen molar-refractivity contribution >= 4 is 5.97 Å². The molecule has 0 aliphatic rings. The molecule has 0 saturated carbocycles. The fraction of sp³-hybridized carbons (Fsp3) is 0.769. The second-order valence-corrected chi connectivity index (χ2v) is 5.58. The van der Waals surface area contributed by atoms with Gasteiger partial charge in [-0.1, -0.05) is 0 Å². The quantitative estimate of drug-likeness (QED) is 0.214. The van der Waals surface area contributed by atoms with Crippen molar-refractivity contribution in [1.82, 2.24) is 0 Å². The van der Waals surface area contributed by atoms with Crippen molar-refractivity contribution < 1.29 is 80.5 Å². The molecule has 0 aliphatic carbocycles. The number of carbonyl (C=O) groups is 1. The highest BCUT2D eigenvalue weighted by molar-refractivity contribution is 5.82. The first kappa shape index (κ1) is 29.1. The number of hydrogen-bond donors (Lipinski definition) is 1. The molecular formula is C13H9F15O3. The summed E-state index contributed by atoms with van der Waals surface area (Å²) in [6.45, 7) is -1.40. The Balaban J connectivity index is 6.34. The number of hydrogen-bond acceptors (Lipinski definition) is 3. The molecule has 31 heavy (non-hydrogen) atoms. The molecule has 0 rings (SSSR count). The maximum Gasteiger partial charge on any atom is 0.438 e. The van der Waals surface area contributed by atoms with Gasteiger partial charge in [0.05, 0.1) is 6.61 Å². The fourth-order valence-electron chi connectivity index (χ4n) is 1.70. The van der Waals surface area contributed by atoms with Gasteiger partial charge in [-0.2, -0.15) is 61.5 Å². The average Bonchev–Trinajstić information content (AvgIpc) is 2.56. The number of rotatable bonds is 9.